The van der Waals surface area contributed by atoms with E-state index in [0.717, 1.165) is 12.8 Å². The summed E-state index contributed by atoms with van der Waals surface area (Å²) >= 11 is 0. The molecule has 1 aromatic carbocycles. The highest BCUT2D eigenvalue weighted by Gasteiger charge is 2.20. The Morgan fingerprint density at radius 3 is 2.28 bits per heavy atom. The maximum Gasteiger partial charge on any atom is 0.266 e. The molecule has 2 aromatic heterocycles. The summed E-state index contributed by atoms with van der Waals surface area (Å²) in [6.45, 7) is 2.91. The predicted molar refractivity (Wildman–Crippen MR) is 115 cm³/mol. The van der Waals surface area contributed by atoms with E-state index in [1.165, 1.54) is 42.8 Å². The van der Waals surface area contributed by atoms with Gasteiger partial charge in [0, 0.05) is 19.8 Å². The number of aryl methyl sites for hydroxylation is 1. The summed E-state index contributed by atoms with van der Waals surface area (Å²) in [7, 11) is -2.14. The van der Waals surface area contributed by atoms with E-state index < -0.39 is 10.0 Å². The van der Waals surface area contributed by atoms with Crippen molar-refractivity contribution in [2.24, 2.45) is 7.05 Å². The first-order valence-electron chi connectivity index (χ1n) is 10.0. The first-order valence-corrected chi connectivity index (χ1v) is 11.5. The topological polar surface area (TPSA) is 102 Å². The summed E-state index contributed by atoms with van der Waals surface area (Å²) in [5, 5.41) is 7.19. The quantitative estimate of drug-likeness (QED) is 0.459. The van der Waals surface area contributed by atoms with Crippen LogP contribution in [0.25, 0.3) is 11.0 Å². The fourth-order valence-corrected chi connectivity index (χ4v) is 4.02. The van der Waals surface area contributed by atoms with Crippen molar-refractivity contribution in [3.8, 4) is 0 Å². The normalized spacial score (nSPS) is 11.7. The highest BCUT2D eigenvalue weighted by atomic mass is 32.2. The molecule has 3 rings (SSSR count). The summed E-state index contributed by atoms with van der Waals surface area (Å²) in [4.78, 5) is 9.15. The van der Waals surface area contributed by atoms with E-state index in [0.29, 0.717) is 23.4 Å². The van der Waals surface area contributed by atoms with Gasteiger partial charge in [0.15, 0.2) is 11.6 Å². The second-order valence-corrected chi connectivity index (χ2v) is 8.74. The Kier molecular flexibility index (Phi) is 7.03. The number of sulfonamides is 1. The van der Waals surface area contributed by atoms with Crippen LogP contribution in [0.3, 0.4) is 0 Å². The SMILES string of the molecule is CCCCCCCCNc1nc2ccccc2nc1NS(=O)(=O)c1cnn(C)c1. The highest BCUT2D eigenvalue weighted by molar-refractivity contribution is 7.92. The lowest BCUT2D eigenvalue weighted by Crippen LogP contribution is -2.16. The number of para-hydroxylation sites is 2. The minimum absolute atomic E-state index is 0.0804. The van der Waals surface area contributed by atoms with Gasteiger partial charge in [-0.15, -0.1) is 0 Å². The van der Waals surface area contributed by atoms with Crippen molar-refractivity contribution in [1.29, 1.82) is 0 Å². The Balaban J connectivity index is 1.76. The summed E-state index contributed by atoms with van der Waals surface area (Å²) in [5.41, 5.74) is 1.34. The summed E-state index contributed by atoms with van der Waals surface area (Å²) in [5.74, 6) is 0.628. The molecular weight excluding hydrogens is 388 g/mol. The molecule has 3 aromatic rings. The van der Waals surface area contributed by atoms with Crippen molar-refractivity contribution >= 4 is 32.7 Å². The van der Waals surface area contributed by atoms with E-state index in [-0.39, 0.29) is 10.7 Å². The predicted octanol–water partition coefficient (Wildman–Crippen LogP) is 3.94. The Bertz CT molecular complexity index is 1050. The molecule has 0 unspecified atom stereocenters. The zero-order valence-electron chi connectivity index (χ0n) is 16.9. The van der Waals surface area contributed by atoms with Crippen molar-refractivity contribution in [1.82, 2.24) is 19.7 Å². The molecule has 0 fully saturated rings. The number of anilines is 2. The molecule has 0 amide bonds. The number of nitrogens with one attached hydrogen (secondary N) is 2. The van der Waals surface area contributed by atoms with Gasteiger partial charge < -0.3 is 5.32 Å². The van der Waals surface area contributed by atoms with Crippen LogP contribution in [0.1, 0.15) is 45.4 Å². The molecule has 8 nitrogen and oxygen atoms in total. The number of hydrogen-bond acceptors (Lipinski definition) is 6. The van der Waals surface area contributed by atoms with E-state index in [4.69, 9.17) is 0 Å². The Hall–Kier alpha value is -2.68. The van der Waals surface area contributed by atoms with Crippen LogP contribution in [0.15, 0.2) is 41.6 Å². The summed E-state index contributed by atoms with van der Waals surface area (Å²) in [6.07, 6.45) is 9.83. The molecule has 29 heavy (non-hydrogen) atoms. The number of fused-ring (bicyclic) bond motifs is 1. The number of benzene rings is 1. The fraction of sp³-hybridized carbons (Fsp3) is 0.450. The van der Waals surface area contributed by atoms with Gasteiger partial charge in [0.2, 0.25) is 0 Å². The van der Waals surface area contributed by atoms with Crippen molar-refractivity contribution in [3.63, 3.8) is 0 Å². The largest absolute Gasteiger partial charge is 0.367 e. The van der Waals surface area contributed by atoms with E-state index in [1.807, 2.05) is 24.3 Å². The maximum atomic E-state index is 12.7. The molecule has 0 radical (unpaired) electrons. The number of aromatic nitrogens is 4. The van der Waals surface area contributed by atoms with E-state index in [9.17, 15) is 8.42 Å². The highest BCUT2D eigenvalue weighted by Crippen LogP contribution is 2.24. The van der Waals surface area contributed by atoms with Crippen molar-refractivity contribution in [2.75, 3.05) is 16.6 Å². The van der Waals surface area contributed by atoms with Gasteiger partial charge in [0.1, 0.15) is 4.90 Å². The molecule has 0 bridgehead atoms. The van der Waals surface area contributed by atoms with Gasteiger partial charge in [-0.25, -0.2) is 18.4 Å². The monoisotopic (exact) mass is 416 g/mol. The van der Waals surface area contributed by atoms with E-state index in [1.54, 1.807) is 7.05 Å². The molecule has 0 saturated heterocycles. The third kappa shape index (κ3) is 5.66. The second kappa shape index (κ2) is 9.69. The van der Waals surface area contributed by atoms with E-state index in [2.05, 4.69) is 32.0 Å². The lowest BCUT2D eigenvalue weighted by atomic mass is 10.1. The minimum Gasteiger partial charge on any atom is -0.367 e. The number of rotatable bonds is 11. The van der Waals surface area contributed by atoms with Crippen molar-refractivity contribution in [3.05, 3.63) is 36.7 Å². The zero-order chi connectivity index (χ0) is 20.7. The van der Waals surface area contributed by atoms with Crippen LogP contribution in [0.4, 0.5) is 11.6 Å². The van der Waals surface area contributed by atoms with Gasteiger partial charge in [-0.3, -0.25) is 9.40 Å². The van der Waals surface area contributed by atoms with Crippen molar-refractivity contribution < 1.29 is 8.42 Å². The first-order chi connectivity index (χ1) is 14.0. The Morgan fingerprint density at radius 1 is 0.966 bits per heavy atom. The second-order valence-electron chi connectivity index (χ2n) is 7.06. The molecule has 2 N–H and O–H groups in total. The molecule has 9 heteroatoms. The van der Waals surface area contributed by atoms with Gasteiger partial charge in [0.25, 0.3) is 10.0 Å². The van der Waals surface area contributed by atoms with Gasteiger partial charge in [0.05, 0.1) is 17.2 Å². The Morgan fingerprint density at radius 2 is 1.62 bits per heavy atom. The molecule has 0 spiro atoms. The van der Waals surface area contributed by atoms with Crippen LogP contribution in [0, 0.1) is 0 Å². The molecule has 0 aliphatic heterocycles. The zero-order valence-corrected chi connectivity index (χ0v) is 17.7. The van der Waals surface area contributed by atoms with Crippen LogP contribution in [0.2, 0.25) is 0 Å². The minimum atomic E-state index is -3.81. The van der Waals surface area contributed by atoms with Gasteiger partial charge in [-0.05, 0) is 18.6 Å². The smallest absolute Gasteiger partial charge is 0.266 e. The molecule has 156 valence electrons. The van der Waals surface area contributed by atoms with Gasteiger partial charge in [-0.2, -0.15) is 5.10 Å². The molecule has 0 saturated carbocycles. The van der Waals surface area contributed by atoms with Gasteiger partial charge in [-0.1, -0.05) is 51.2 Å². The lowest BCUT2D eigenvalue weighted by molar-refractivity contribution is 0.601. The first kappa shape index (κ1) is 21.0. The fourth-order valence-electron chi connectivity index (χ4n) is 3.03. The van der Waals surface area contributed by atoms with Crippen LogP contribution < -0.4 is 10.0 Å². The van der Waals surface area contributed by atoms with E-state index >= 15 is 0 Å². The van der Waals surface area contributed by atoms with Gasteiger partial charge >= 0.3 is 0 Å². The van der Waals surface area contributed by atoms with Crippen LogP contribution in [0.5, 0.6) is 0 Å². The summed E-state index contributed by atoms with van der Waals surface area (Å²) < 4.78 is 29.4. The Labute approximate surface area is 171 Å². The molecule has 0 aliphatic carbocycles. The average molecular weight is 417 g/mol. The standard InChI is InChI=1S/C20H28N6O2S/c1-3-4-5-6-7-10-13-21-19-20(24-18-12-9-8-11-17(18)23-19)25-29(27,28)16-14-22-26(2)15-16/h8-9,11-12,14-15H,3-7,10,13H2,1-2H3,(H,21,23)(H,24,25). The van der Waals surface area contributed by atoms with Crippen LogP contribution in [-0.4, -0.2) is 34.7 Å². The number of nitrogens with zero attached hydrogens (tertiary/aromatic N) is 4. The third-order valence-corrected chi connectivity index (χ3v) is 5.91. The van der Waals surface area contributed by atoms with Crippen LogP contribution >= 0.6 is 0 Å². The third-order valence-electron chi connectivity index (χ3n) is 4.62. The summed E-state index contributed by atoms with van der Waals surface area (Å²) in [6, 6.07) is 7.40. The lowest BCUT2D eigenvalue weighted by Gasteiger charge is -2.13. The van der Waals surface area contributed by atoms with Crippen molar-refractivity contribution in [2.45, 2.75) is 50.3 Å². The molecular formula is C20H28N6O2S. The molecule has 2 heterocycles. The number of unbranched alkanes of at least 4 members (excludes halogenated alkanes) is 5. The molecule has 0 atom stereocenters. The number of hydrogen-bond donors (Lipinski definition) is 2. The maximum absolute atomic E-state index is 12.7. The average Bonchev–Trinajstić information content (AvgIpc) is 3.14. The van der Waals surface area contributed by atoms with Crippen LogP contribution in [-0.2, 0) is 17.1 Å². The molecule has 0 aliphatic rings.